The van der Waals surface area contributed by atoms with Crippen LogP contribution < -0.4 is 10.5 Å². The number of allylic oxidation sites excluding steroid dienone is 1. The van der Waals surface area contributed by atoms with Crippen LogP contribution in [0.1, 0.15) is 40.7 Å². The highest BCUT2D eigenvalue weighted by molar-refractivity contribution is 8.17. The van der Waals surface area contributed by atoms with Gasteiger partial charge in [-0.05, 0) is 62.4 Å². The highest BCUT2D eigenvalue weighted by Gasteiger charge is 2.20. The van der Waals surface area contributed by atoms with Crippen molar-refractivity contribution in [1.29, 1.82) is 0 Å². The molecule has 0 atom stereocenters. The van der Waals surface area contributed by atoms with Crippen molar-refractivity contribution in [3.8, 4) is 11.5 Å². The molecule has 0 unspecified atom stereocenters. The number of anilines is 1. The smallest absolute Gasteiger partial charge is 0.227 e. The predicted molar refractivity (Wildman–Crippen MR) is 142 cm³/mol. The van der Waals surface area contributed by atoms with Crippen molar-refractivity contribution >= 4 is 40.7 Å². The van der Waals surface area contributed by atoms with E-state index >= 15 is 0 Å². The number of nitrogen functional groups attached to an aromatic ring is 1. The number of aromatic nitrogens is 2. The van der Waals surface area contributed by atoms with E-state index in [4.69, 9.17) is 22.1 Å². The molecule has 188 valence electrons. The number of hydrogen-bond acceptors (Lipinski definition) is 8. The Morgan fingerprint density at radius 2 is 1.97 bits per heavy atom. The Morgan fingerprint density at radius 3 is 2.64 bits per heavy atom. The average molecular weight is 527 g/mol. The Morgan fingerprint density at radius 1 is 1.22 bits per heavy atom. The van der Waals surface area contributed by atoms with Gasteiger partial charge < -0.3 is 20.5 Å². The molecule has 0 saturated carbocycles. The number of rotatable bonds is 10. The van der Waals surface area contributed by atoms with E-state index in [1.54, 1.807) is 56.4 Å². The van der Waals surface area contributed by atoms with Gasteiger partial charge >= 0.3 is 0 Å². The van der Waals surface area contributed by atoms with Gasteiger partial charge in [-0.1, -0.05) is 29.8 Å². The normalized spacial score (nSPS) is 11.6. The number of nitrogens with two attached hydrogens (primary N) is 1. The molecule has 3 rings (SSSR count). The summed E-state index contributed by atoms with van der Waals surface area (Å²) < 4.78 is 5.99. The van der Waals surface area contributed by atoms with Crippen molar-refractivity contribution in [3.05, 3.63) is 86.8 Å². The number of amides is 1. The van der Waals surface area contributed by atoms with Crippen LogP contribution in [0.4, 0.5) is 5.82 Å². The fourth-order valence-corrected chi connectivity index (χ4v) is 4.45. The standard InChI is InChI=1S/C26H27ClN4O4S/c1-16-8-9-20(23(12-16)35-22-7-5-4-6-21(22)27)26(34)36-24(10-11-32)17(2)31(15-33)14-19-13-29-18(3)30-25(19)28/h4-9,12-13,15,32H,10-11,14H2,1-3H3,(H2,28,29,30). The number of hydrogen-bond donors (Lipinski definition) is 2. The summed E-state index contributed by atoms with van der Waals surface area (Å²) >= 11 is 7.17. The first-order chi connectivity index (χ1) is 17.2. The van der Waals surface area contributed by atoms with Crippen LogP contribution in [0.5, 0.6) is 11.5 Å². The van der Waals surface area contributed by atoms with Crippen LogP contribution in [-0.2, 0) is 11.3 Å². The van der Waals surface area contributed by atoms with Crippen LogP contribution in [0.25, 0.3) is 0 Å². The van der Waals surface area contributed by atoms with Gasteiger partial charge in [0.1, 0.15) is 23.1 Å². The van der Waals surface area contributed by atoms with Gasteiger partial charge in [-0.3, -0.25) is 9.59 Å². The third-order valence-electron chi connectivity index (χ3n) is 5.29. The molecule has 0 radical (unpaired) electrons. The number of carbonyl (C=O) groups excluding carboxylic acids is 2. The zero-order chi connectivity index (χ0) is 26.2. The van der Waals surface area contributed by atoms with Crippen molar-refractivity contribution in [1.82, 2.24) is 14.9 Å². The predicted octanol–water partition coefficient (Wildman–Crippen LogP) is 5.27. The van der Waals surface area contributed by atoms with E-state index in [0.29, 0.717) is 50.5 Å². The van der Waals surface area contributed by atoms with Crippen molar-refractivity contribution in [2.75, 3.05) is 12.3 Å². The Bertz CT molecular complexity index is 1300. The molecule has 3 N–H and O–H groups in total. The zero-order valence-electron chi connectivity index (χ0n) is 20.2. The summed E-state index contributed by atoms with van der Waals surface area (Å²) in [6, 6.07) is 12.3. The van der Waals surface area contributed by atoms with Gasteiger partial charge in [0.25, 0.3) is 0 Å². The number of aliphatic hydroxyl groups is 1. The van der Waals surface area contributed by atoms with Gasteiger partial charge in [0.15, 0.2) is 0 Å². The molecule has 0 fully saturated rings. The number of halogens is 1. The van der Waals surface area contributed by atoms with E-state index in [0.717, 1.165) is 17.3 Å². The Hall–Kier alpha value is -3.40. The Kier molecular flexibility index (Phi) is 9.46. The van der Waals surface area contributed by atoms with Gasteiger partial charge in [-0.2, -0.15) is 0 Å². The zero-order valence-corrected chi connectivity index (χ0v) is 21.8. The second-order valence-electron chi connectivity index (χ2n) is 7.96. The van der Waals surface area contributed by atoms with Crippen LogP contribution in [0.2, 0.25) is 5.02 Å². The monoisotopic (exact) mass is 526 g/mol. The first-order valence-corrected chi connectivity index (χ1v) is 12.3. The van der Waals surface area contributed by atoms with Gasteiger partial charge in [-0.15, -0.1) is 0 Å². The fraction of sp³-hybridized carbons (Fsp3) is 0.231. The minimum Gasteiger partial charge on any atom is -0.455 e. The van der Waals surface area contributed by atoms with Gasteiger partial charge in [-0.25, -0.2) is 9.97 Å². The number of aryl methyl sites for hydroxylation is 2. The third kappa shape index (κ3) is 6.84. The second kappa shape index (κ2) is 12.5. The van der Waals surface area contributed by atoms with Gasteiger partial charge in [0.05, 0.1) is 17.1 Å². The SMILES string of the molecule is CC(=C(CCO)SC(=O)c1ccc(C)cc1Oc1ccccc1Cl)N(C=O)Cc1cnc(C)nc1N. The molecule has 1 amide bonds. The molecule has 2 aromatic carbocycles. The minimum absolute atomic E-state index is 0.122. The average Bonchev–Trinajstić information content (AvgIpc) is 2.84. The molecule has 1 heterocycles. The molecular formula is C26H27ClN4O4S. The topological polar surface area (TPSA) is 119 Å². The molecule has 0 saturated heterocycles. The highest BCUT2D eigenvalue weighted by Crippen LogP contribution is 2.36. The lowest BCUT2D eigenvalue weighted by molar-refractivity contribution is -0.116. The molecule has 10 heteroatoms. The lowest BCUT2D eigenvalue weighted by atomic mass is 10.1. The lowest BCUT2D eigenvalue weighted by Crippen LogP contribution is -2.22. The number of nitrogens with zero attached hydrogens (tertiary/aromatic N) is 3. The van der Waals surface area contributed by atoms with E-state index in [2.05, 4.69) is 9.97 Å². The number of para-hydroxylation sites is 1. The van der Waals surface area contributed by atoms with Crippen molar-refractivity contribution in [2.24, 2.45) is 0 Å². The van der Waals surface area contributed by atoms with Crippen molar-refractivity contribution in [2.45, 2.75) is 33.7 Å². The Labute approximate surface area is 219 Å². The number of aliphatic hydroxyl groups excluding tert-OH is 1. The quantitative estimate of drug-likeness (QED) is 0.343. The number of benzene rings is 2. The maximum absolute atomic E-state index is 13.4. The summed E-state index contributed by atoms with van der Waals surface area (Å²) in [7, 11) is 0. The van der Waals surface area contributed by atoms with E-state index in [1.807, 2.05) is 13.0 Å². The van der Waals surface area contributed by atoms with Gasteiger partial charge in [0, 0.05) is 35.4 Å². The van der Waals surface area contributed by atoms with Crippen LogP contribution in [-0.4, -0.2) is 38.1 Å². The minimum atomic E-state index is -0.302. The molecule has 0 bridgehead atoms. The summed E-state index contributed by atoms with van der Waals surface area (Å²) in [4.78, 5) is 35.5. The molecule has 0 aliphatic rings. The highest BCUT2D eigenvalue weighted by atomic mass is 35.5. The molecule has 8 nitrogen and oxygen atoms in total. The molecule has 1 aromatic heterocycles. The molecule has 0 spiro atoms. The largest absolute Gasteiger partial charge is 0.455 e. The third-order valence-corrected chi connectivity index (χ3v) is 6.75. The fourth-order valence-electron chi connectivity index (χ4n) is 3.32. The summed E-state index contributed by atoms with van der Waals surface area (Å²) in [5.74, 6) is 1.58. The van der Waals surface area contributed by atoms with Crippen molar-refractivity contribution in [3.63, 3.8) is 0 Å². The first-order valence-electron chi connectivity index (χ1n) is 11.1. The summed E-state index contributed by atoms with van der Waals surface area (Å²) in [5.41, 5.74) is 8.31. The van der Waals surface area contributed by atoms with Crippen LogP contribution in [0.3, 0.4) is 0 Å². The van der Waals surface area contributed by atoms with Crippen LogP contribution in [0.15, 0.2) is 59.3 Å². The van der Waals surface area contributed by atoms with Gasteiger partial charge in [0.2, 0.25) is 11.5 Å². The maximum Gasteiger partial charge on any atom is 0.227 e. The Balaban J connectivity index is 1.90. The summed E-state index contributed by atoms with van der Waals surface area (Å²) in [5, 5.41) is 9.78. The number of carbonyl (C=O) groups is 2. The second-order valence-corrected chi connectivity index (χ2v) is 9.44. The van der Waals surface area contributed by atoms with Crippen LogP contribution in [0, 0.1) is 13.8 Å². The van der Waals surface area contributed by atoms with E-state index in [1.165, 1.54) is 4.90 Å². The van der Waals surface area contributed by atoms with E-state index in [9.17, 15) is 14.7 Å². The van der Waals surface area contributed by atoms with Crippen LogP contribution >= 0.6 is 23.4 Å². The lowest BCUT2D eigenvalue weighted by Gasteiger charge is -2.22. The summed E-state index contributed by atoms with van der Waals surface area (Å²) in [6.07, 6.45) is 2.39. The molecule has 36 heavy (non-hydrogen) atoms. The molecule has 0 aliphatic carbocycles. The van der Waals surface area contributed by atoms with E-state index < -0.39 is 0 Å². The molecular weight excluding hydrogens is 500 g/mol. The number of thioether (sulfide) groups is 1. The summed E-state index contributed by atoms with van der Waals surface area (Å²) in [6.45, 7) is 5.24. The maximum atomic E-state index is 13.4. The first kappa shape index (κ1) is 27.2. The van der Waals surface area contributed by atoms with Crippen molar-refractivity contribution < 1.29 is 19.4 Å². The van der Waals surface area contributed by atoms with E-state index in [-0.39, 0.29) is 30.5 Å². The molecule has 3 aromatic rings. The number of ether oxygens (including phenoxy) is 1. The molecule has 0 aliphatic heterocycles.